The number of phenolic OH excluding ortho intramolecular Hbond substituents is 1. The minimum atomic E-state index is -0.442. The Kier molecular flexibility index (Phi) is 8.51. The number of aromatic hydroxyl groups is 1. The number of para-hydroxylation sites is 1. The number of aromatic nitrogens is 3. The van der Waals surface area contributed by atoms with Crippen LogP contribution in [0.5, 0.6) is 5.75 Å². The molecule has 0 atom stereocenters. The first-order valence-electron chi connectivity index (χ1n) is 17.5. The van der Waals surface area contributed by atoms with Crippen LogP contribution in [0.15, 0.2) is 36.7 Å². The fraction of sp³-hybridized carbons (Fsp3) is 0.541. The Balaban J connectivity index is 0.913. The highest BCUT2D eigenvalue weighted by Gasteiger charge is 2.48. The number of hydrogen-bond donors (Lipinski definition) is 4. The zero-order valence-corrected chi connectivity index (χ0v) is 28.5. The number of nitrogens with one attached hydrogen (secondary N) is 1. The van der Waals surface area contributed by atoms with Crippen molar-refractivity contribution in [2.24, 2.45) is 11.1 Å². The topological polar surface area (TPSA) is 150 Å². The second kappa shape index (κ2) is 12.7. The SMILES string of the molecule is CC(C)(C)OC(=O)N1CC2(CCC(N3CCC(c4cnc(N5CCc6[nH]c(N)c(/C=C(\N)c7ccccc7O)c6C5)nc4)CC3)CC2)C1. The molecular weight excluding hydrogens is 604 g/mol. The van der Waals surface area contributed by atoms with Gasteiger partial charge in [-0.25, -0.2) is 14.8 Å². The molecule has 1 aromatic carbocycles. The summed E-state index contributed by atoms with van der Waals surface area (Å²) in [5.41, 5.74) is 17.9. The van der Waals surface area contributed by atoms with Crippen LogP contribution in [0.4, 0.5) is 16.6 Å². The molecular formula is C37H50N8O3. The van der Waals surface area contributed by atoms with Gasteiger partial charge < -0.3 is 41.0 Å². The van der Waals surface area contributed by atoms with Crippen LogP contribution >= 0.6 is 0 Å². The van der Waals surface area contributed by atoms with Crippen molar-refractivity contribution >= 4 is 29.6 Å². The van der Waals surface area contributed by atoms with E-state index in [1.165, 1.54) is 31.2 Å². The summed E-state index contributed by atoms with van der Waals surface area (Å²) < 4.78 is 5.57. The van der Waals surface area contributed by atoms with Crippen LogP contribution in [0.2, 0.25) is 0 Å². The third-order valence-corrected chi connectivity index (χ3v) is 10.9. The van der Waals surface area contributed by atoms with Gasteiger partial charge in [0.05, 0.1) is 0 Å². The number of carbonyl (C=O) groups is 1. The highest BCUT2D eigenvalue weighted by Crippen LogP contribution is 2.46. The third kappa shape index (κ3) is 6.57. The number of benzene rings is 1. The number of H-pyrrole nitrogens is 1. The lowest BCUT2D eigenvalue weighted by atomic mass is 9.67. The maximum atomic E-state index is 12.4. The van der Waals surface area contributed by atoms with Crippen LogP contribution < -0.4 is 16.4 Å². The van der Waals surface area contributed by atoms with Crippen LogP contribution in [0.25, 0.3) is 11.8 Å². The van der Waals surface area contributed by atoms with Crippen molar-refractivity contribution < 1.29 is 14.6 Å². The van der Waals surface area contributed by atoms with E-state index in [4.69, 9.17) is 26.2 Å². The second-order valence-corrected chi connectivity index (χ2v) is 15.4. The normalized spacial score (nSPS) is 20.9. The Morgan fingerprint density at radius 1 is 1.06 bits per heavy atom. The molecule has 6 N–H and O–H groups in total. The number of fused-ring (bicyclic) bond motifs is 1. The largest absolute Gasteiger partial charge is 0.507 e. The predicted molar refractivity (Wildman–Crippen MR) is 188 cm³/mol. The van der Waals surface area contributed by atoms with Gasteiger partial charge in [-0.2, -0.15) is 0 Å². The van der Waals surface area contributed by atoms with Gasteiger partial charge in [-0.15, -0.1) is 0 Å². The first-order chi connectivity index (χ1) is 23.0. The van der Waals surface area contributed by atoms with Gasteiger partial charge in [0.25, 0.3) is 0 Å². The molecule has 1 aliphatic carbocycles. The standard InChI is InChI=1S/C37H50N8O3/c1-36(2,3)48-35(47)45-22-37(23-45)13-8-26(9-14-37)43-15-10-24(11-16-43)25-19-40-34(41-20-25)44-17-12-31-29(21-44)28(33(39)42-31)18-30(38)27-6-4-5-7-32(27)46/h4-7,18-20,24,26,42,46H,8-17,21-23,38-39H2,1-3H3/b30-18-. The number of anilines is 2. The van der Waals surface area contributed by atoms with Gasteiger partial charge in [-0.05, 0) is 102 Å². The highest BCUT2D eigenvalue weighted by atomic mass is 16.6. The summed E-state index contributed by atoms with van der Waals surface area (Å²) in [6.45, 7) is 11.1. The van der Waals surface area contributed by atoms with E-state index in [9.17, 15) is 9.90 Å². The molecule has 0 radical (unpaired) electrons. The number of nitrogen functional groups attached to an aromatic ring is 1. The summed E-state index contributed by atoms with van der Waals surface area (Å²) in [7, 11) is 0. The zero-order valence-electron chi connectivity index (χ0n) is 28.5. The number of piperidine rings is 1. The minimum absolute atomic E-state index is 0.139. The summed E-state index contributed by atoms with van der Waals surface area (Å²) >= 11 is 0. The zero-order chi connectivity index (χ0) is 33.6. The lowest BCUT2D eigenvalue weighted by Gasteiger charge is -2.54. The lowest BCUT2D eigenvalue weighted by Crippen LogP contribution is -2.61. The van der Waals surface area contributed by atoms with Crippen LogP contribution in [0.1, 0.15) is 93.2 Å². The van der Waals surface area contributed by atoms with Gasteiger partial charge in [0.1, 0.15) is 17.2 Å². The molecule has 48 heavy (non-hydrogen) atoms. The number of amides is 1. The van der Waals surface area contributed by atoms with Crippen molar-refractivity contribution in [2.45, 2.75) is 89.8 Å². The van der Waals surface area contributed by atoms with E-state index in [2.05, 4.69) is 14.8 Å². The first-order valence-corrected chi connectivity index (χ1v) is 17.5. The molecule has 4 aliphatic rings. The van der Waals surface area contributed by atoms with E-state index in [1.807, 2.05) is 50.2 Å². The number of phenols is 1. The molecule has 256 valence electrons. The maximum absolute atomic E-state index is 12.4. The number of nitrogens with zero attached hydrogens (tertiary/aromatic N) is 5. The summed E-state index contributed by atoms with van der Waals surface area (Å²) in [5.74, 6) is 1.91. The third-order valence-electron chi connectivity index (χ3n) is 10.9. The molecule has 11 nitrogen and oxygen atoms in total. The molecule has 7 rings (SSSR count). The Morgan fingerprint density at radius 2 is 1.75 bits per heavy atom. The van der Waals surface area contributed by atoms with E-state index < -0.39 is 5.60 Å². The molecule has 2 aromatic heterocycles. The van der Waals surface area contributed by atoms with E-state index in [-0.39, 0.29) is 11.8 Å². The summed E-state index contributed by atoms with van der Waals surface area (Å²) in [4.78, 5) is 32.2. The average molecular weight is 655 g/mol. The van der Waals surface area contributed by atoms with Gasteiger partial charge in [0.15, 0.2) is 0 Å². The molecule has 11 heteroatoms. The molecule has 2 saturated heterocycles. The van der Waals surface area contributed by atoms with Crippen LogP contribution in [-0.4, -0.2) is 80.3 Å². The van der Waals surface area contributed by atoms with E-state index >= 15 is 0 Å². The van der Waals surface area contributed by atoms with Crippen molar-refractivity contribution in [3.05, 3.63) is 64.6 Å². The number of carbonyl (C=O) groups excluding carboxylic acids is 1. The molecule has 1 saturated carbocycles. The molecule has 3 aliphatic heterocycles. The van der Waals surface area contributed by atoms with Crippen molar-refractivity contribution in [3.8, 4) is 5.75 Å². The molecule has 3 aromatic rings. The molecule has 5 heterocycles. The number of nitrogens with two attached hydrogens (primary N) is 2. The smallest absolute Gasteiger partial charge is 0.410 e. The molecule has 3 fully saturated rings. The number of hydrogen-bond acceptors (Lipinski definition) is 9. The first kappa shape index (κ1) is 32.3. The molecule has 0 unspecified atom stereocenters. The van der Waals surface area contributed by atoms with E-state index in [0.29, 0.717) is 41.0 Å². The van der Waals surface area contributed by atoms with Crippen molar-refractivity contribution in [1.29, 1.82) is 0 Å². The van der Waals surface area contributed by atoms with E-state index in [1.54, 1.807) is 18.2 Å². The maximum Gasteiger partial charge on any atom is 0.410 e. The number of likely N-dealkylation sites (tertiary alicyclic amines) is 2. The summed E-state index contributed by atoms with van der Waals surface area (Å²) in [5, 5.41) is 10.3. The lowest BCUT2D eigenvalue weighted by molar-refractivity contribution is -0.0595. The van der Waals surface area contributed by atoms with Gasteiger partial charge in [0, 0.05) is 84.5 Å². The Bertz CT molecular complexity index is 1650. The fourth-order valence-electron chi connectivity index (χ4n) is 8.25. The van der Waals surface area contributed by atoms with Crippen LogP contribution in [0, 0.1) is 5.41 Å². The van der Waals surface area contributed by atoms with Crippen LogP contribution in [0.3, 0.4) is 0 Å². The van der Waals surface area contributed by atoms with Gasteiger partial charge >= 0.3 is 6.09 Å². The van der Waals surface area contributed by atoms with Crippen molar-refractivity contribution in [3.63, 3.8) is 0 Å². The van der Waals surface area contributed by atoms with Gasteiger partial charge in [-0.1, -0.05) is 12.1 Å². The molecule has 0 bridgehead atoms. The summed E-state index contributed by atoms with van der Waals surface area (Å²) in [6.07, 6.45) is 13.6. The second-order valence-electron chi connectivity index (χ2n) is 15.4. The van der Waals surface area contributed by atoms with Gasteiger partial charge in [0.2, 0.25) is 5.95 Å². The monoisotopic (exact) mass is 654 g/mol. The fourth-order valence-corrected chi connectivity index (χ4v) is 8.25. The highest BCUT2D eigenvalue weighted by molar-refractivity contribution is 5.86. The number of aromatic amines is 1. The Labute approximate surface area is 283 Å². The Hall–Kier alpha value is -4.25. The number of ether oxygens (including phenoxy) is 1. The van der Waals surface area contributed by atoms with Crippen molar-refractivity contribution in [2.75, 3.05) is 43.4 Å². The van der Waals surface area contributed by atoms with Crippen LogP contribution in [-0.2, 0) is 17.7 Å². The molecule has 1 spiro atoms. The minimum Gasteiger partial charge on any atom is -0.507 e. The van der Waals surface area contributed by atoms with Crippen molar-refractivity contribution in [1.82, 2.24) is 24.8 Å². The predicted octanol–water partition coefficient (Wildman–Crippen LogP) is 5.47. The summed E-state index contributed by atoms with van der Waals surface area (Å²) in [6, 6.07) is 7.69. The Morgan fingerprint density at radius 3 is 2.42 bits per heavy atom. The molecule has 1 amide bonds. The quantitative estimate of drug-likeness (QED) is 0.281. The van der Waals surface area contributed by atoms with Gasteiger partial charge in [-0.3, -0.25) is 0 Å². The van der Waals surface area contributed by atoms with E-state index in [0.717, 1.165) is 74.8 Å². The number of rotatable bonds is 5. The average Bonchev–Trinajstić information content (AvgIpc) is 3.36.